The van der Waals surface area contributed by atoms with Crippen molar-refractivity contribution in [1.82, 2.24) is 0 Å². The van der Waals surface area contributed by atoms with E-state index in [2.05, 4.69) is 4.40 Å². The van der Waals surface area contributed by atoms with Crippen LogP contribution in [0, 0.1) is 0 Å². The Morgan fingerprint density at radius 1 is 0.645 bits per heavy atom. The molecule has 0 unspecified atom stereocenters. The average molecular weight is 427 g/mol. The van der Waals surface area contributed by atoms with Crippen molar-refractivity contribution in [3.63, 3.8) is 0 Å². The first kappa shape index (κ1) is 20.6. The number of sulfonamides is 1. The van der Waals surface area contributed by atoms with Crippen LogP contribution in [-0.2, 0) is 16.6 Å². The molecule has 0 saturated carbocycles. The van der Waals surface area contributed by atoms with Gasteiger partial charge in [-0.2, -0.15) is 8.42 Å². The predicted octanol–water partition coefficient (Wildman–Crippen LogP) is 5.53. The molecule has 0 atom stereocenters. The van der Waals surface area contributed by atoms with Gasteiger partial charge in [-0.25, -0.2) is 0 Å². The fourth-order valence-electron chi connectivity index (χ4n) is 3.27. The summed E-state index contributed by atoms with van der Waals surface area (Å²) in [6, 6.07) is 37.4. The number of rotatable bonds is 6. The second kappa shape index (κ2) is 9.41. The number of anilines is 1. The van der Waals surface area contributed by atoms with Gasteiger partial charge in [-0.05, 0) is 29.8 Å². The fourth-order valence-corrected chi connectivity index (χ4v) is 4.30. The van der Waals surface area contributed by atoms with Crippen LogP contribution in [0.25, 0.3) is 0 Å². The van der Waals surface area contributed by atoms with Gasteiger partial charge in [0.25, 0.3) is 10.0 Å². The molecule has 0 amide bonds. The number of amidine groups is 1. The number of hydrogen-bond acceptors (Lipinski definition) is 2. The Morgan fingerprint density at radius 2 is 1.13 bits per heavy atom. The smallest absolute Gasteiger partial charge is 0.284 e. The van der Waals surface area contributed by atoms with Crippen LogP contribution in [0.1, 0.15) is 11.1 Å². The molecule has 0 saturated heterocycles. The van der Waals surface area contributed by atoms with Crippen molar-refractivity contribution in [2.45, 2.75) is 11.4 Å². The first-order chi connectivity index (χ1) is 15.1. The minimum Gasteiger partial charge on any atom is -0.321 e. The fraction of sp³-hybridized carbons (Fsp3) is 0.0385. The number of para-hydroxylation sites is 1. The molecule has 4 aromatic rings. The van der Waals surface area contributed by atoms with Crippen LogP contribution in [0.2, 0.25) is 0 Å². The van der Waals surface area contributed by atoms with Crippen molar-refractivity contribution in [1.29, 1.82) is 0 Å². The Bertz CT molecular complexity index is 1240. The highest BCUT2D eigenvalue weighted by atomic mass is 32.2. The van der Waals surface area contributed by atoms with Crippen molar-refractivity contribution in [3.8, 4) is 0 Å². The molecule has 0 aliphatic carbocycles. The van der Waals surface area contributed by atoms with Gasteiger partial charge in [-0.15, -0.1) is 4.40 Å². The lowest BCUT2D eigenvalue weighted by atomic mass is 10.1. The minimum absolute atomic E-state index is 0.163. The minimum atomic E-state index is -3.91. The maximum Gasteiger partial charge on any atom is 0.284 e. The van der Waals surface area contributed by atoms with Crippen LogP contribution in [0.3, 0.4) is 0 Å². The Kier molecular flexibility index (Phi) is 6.24. The molecule has 0 aliphatic heterocycles. The van der Waals surface area contributed by atoms with E-state index in [4.69, 9.17) is 0 Å². The van der Waals surface area contributed by atoms with Crippen molar-refractivity contribution >= 4 is 21.5 Å². The van der Waals surface area contributed by atoms with Gasteiger partial charge in [0.15, 0.2) is 5.84 Å². The first-order valence-corrected chi connectivity index (χ1v) is 11.4. The normalized spacial score (nSPS) is 11.8. The average Bonchev–Trinajstić information content (AvgIpc) is 2.84. The summed E-state index contributed by atoms with van der Waals surface area (Å²) in [5.41, 5.74) is 2.63. The zero-order valence-electron chi connectivity index (χ0n) is 16.9. The van der Waals surface area contributed by atoms with E-state index in [1.165, 1.54) is 0 Å². The second-order valence-corrected chi connectivity index (χ2v) is 8.58. The highest BCUT2D eigenvalue weighted by Crippen LogP contribution is 2.23. The third-order valence-electron chi connectivity index (χ3n) is 4.79. The molecule has 0 aliphatic rings. The summed E-state index contributed by atoms with van der Waals surface area (Å²) >= 11 is 0. The first-order valence-electron chi connectivity index (χ1n) is 9.95. The monoisotopic (exact) mass is 426 g/mol. The molecular weight excluding hydrogens is 404 g/mol. The Morgan fingerprint density at radius 3 is 1.71 bits per heavy atom. The lowest BCUT2D eigenvalue weighted by Crippen LogP contribution is -2.32. The highest BCUT2D eigenvalue weighted by Gasteiger charge is 2.21. The summed E-state index contributed by atoms with van der Waals surface area (Å²) in [5.74, 6) is 0.375. The largest absolute Gasteiger partial charge is 0.321 e. The molecule has 0 N–H and O–H groups in total. The second-order valence-electron chi connectivity index (χ2n) is 6.98. The van der Waals surface area contributed by atoms with Crippen LogP contribution in [0.4, 0.5) is 5.69 Å². The lowest BCUT2D eigenvalue weighted by molar-refractivity contribution is 0.598. The van der Waals surface area contributed by atoms with Crippen molar-refractivity contribution in [2.24, 2.45) is 4.40 Å². The van der Waals surface area contributed by atoms with Crippen LogP contribution in [0.15, 0.2) is 131 Å². The topological polar surface area (TPSA) is 49.7 Å². The molecule has 0 fully saturated rings. The Balaban J connectivity index is 1.89. The van der Waals surface area contributed by atoms with E-state index in [0.717, 1.165) is 16.8 Å². The molecule has 0 aromatic heterocycles. The summed E-state index contributed by atoms with van der Waals surface area (Å²) in [6.07, 6.45) is 0. The molecule has 0 bridgehead atoms. The number of benzene rings is 4. The summed E-state index contributed by atoms with van der Waals surface area (Å²) in [4.78, 5) is 2.10. The van der Waals surface area contributed by atoms with Crippen molar-refractivity contribution < 1.29 is 8.42 Å². The van der Waals surface area contributed by atoms with Gasteiger partial charge in [-0.1, -0.05) is 97.1 Å². The summed E-state index contributed by atoms with van der Waals surface area (Å²) < 4.78 is 30.7. The zero-order chi connectivity index (χ0) is 21.5. The maximum atomic E-state index is 13.2. The van der Waals surface area contributed by atoms with Gasteiger partial charge in [0.05, 0.1) is 4.90 Å². The summed E-state index contributed by atoms with van der Waals surface area (Å²) in [7, 11) is -3.91. The number of hydrogen-bond donors (Lipinski definition) is 0. The van der Waals surface area contributed by atoms with E-state index in [0.29, 0.717) is 12.4 Å². The van der Waals surface area contributed by atoms with E-state index >= 15 is 0 Å². The van der Waals surface area contributed by atoms with Crippen molar-refractivity contribution in [3.05, 3.63) is 132 Å². The molecule has 0 heterocycles. The lowest BCUT2D eigenvalue weighted by Gasteiger charge is -2.26. The summed E-state index contributed by atoms with van der Waals surface area (Å²) in [5, 5.41) is 0. The maximum absolute atomic E-state index is 13.2. The van der Waals surface area contributed by atoms with Gasteiger partial charge in [-0.3, -0.25) is 0 Å². The SMILES string of the molecule is O=S(=O)(/N=C(\c1ccccc1)N(Cc1ccccc1)c1ccccc1)c1ccccc1. The molecule has 4 rings (SSSR count). The molecular formula is C26H22N2O2S. The van der Waals surface area contributed by atoms with Gasteiger partial charge >= 0.3 is 0 Å². The molecule has 4 nitrogen and oxygen atoms in total. The van der Waals surface area contributed by atoms with Crippen molar-refractivity contribution in [2.75, 3.05) is 4.90 Å². The highest BCUT2D eigenvalue weighted by molar-refractivity contribution is 7.90. The molecule has 31 heavy (non-hydrogen) atoms. The van der Waals surface area contributed by atoms with E-state index in [-0.39, 0.29) is 4.90 Å². The Labute approximate surface area is 183 Å². The third-order valence-corrected chi connectivity index (χ3v) is 6.07. The zero-order valence-corrected chi connectivity index (χ0v) is 17.7. The summed E-state index contributed by atoms with van der Waals surface area (Å²) in [6.45, 7) is 0.475. The van der Waals surface area contributed by atoms with Crippen LogP contribution >= 0.6 is 0 Å². The van der Waals surface area contributed by atoms with Gasteiger partial charge < -0.3 is 4.90 Å². The van der Waals surface area contributed by atoms with Gasteiger partial charge in [0.2, 0.25) is 0 Å². The van der Waals surface area contributed by atoms with Crippen LogP contribution in [0.5, 0.6) is 0 Å². The van der Waals surface area contributed by atoms with E-state index in [1.54, 1.807) is 30.3 Å². The van der Waals surface area contributed by atoms with Crippen LogP contribution < -0.4 is 4.90 Å². The quantitative estimate of drug-likeness (QED) is 0.301. The third kappa shape index (κ3) is 5.08. The van der Waals surface area contributed by atoms with Crippen LogP contribution in [-0.4, -0.2) is 14.3 Å². The van der Waals surface area contributed by atoms with Gasteiger partial charge in [0.1, 0.15) is 0 Å². The molecule has 154 valence electrons. The van der Waals surface area contributed by atoms with E-state index < -0.39 is 10.0 Å². The van der Waals surface area contributed by atoms with Gasteiger partial charge in [0, 0.05) is 17.8 Å². The standard InChI is InChI=1S/C26H22N2O2S/c29-31(30,25-19-11-4-12-20-25)27-26(23-15-7-2-8-16-23)28(24-17-9-3-10-18-24)21-22-13-5-1-6-14-22/h1-20H,21H2/b27-26+. The Hall–Kier alpha value is -3.70. The molecule has 0 radical (unpaired) electrons. The van der Waals surface area contributed by atoms with E-state index in [9.17, 15) is 8.42 Å². The molecule has 0 spiro atoms. The molecule has 4 aromatic carbocycles. The number of nitrogens with zero attached hydrogens (tertiary/aromatic N) is 2. The van der Waals surface area contributed by atoms with E-state index in [1.807, 2.05) is 95.9 Å². The molecule has 5 heteroatoms. The predicted molar refractivity (Wildman–Crippen MR) is 126 cm³/mol.